The second kappa shape index (κ2) is 9.89. The summed E-state index contributed by atoms with van der Waals surface area (Å²) in [6.45, 7) is 0. The first-order valence-corrected chi connectivity index (χ1v) is 11.5. The van der Waals surface area contributed by atoms with Crippen LogP contribution in [0.25, 0.3) is 0 Å². The summed E-state index contributed by atoms with van der Waals surface area (Å²) >= 11 is 0. The molecule has 29 heavy (non-hydrogen) atoms. The van der Waals surface area contributed by atoms with Crippen molar-refractivity contribution in [3.8, 4) is 5.75 Å². The standard InChI is InChI=1S/C22H28N2O4S/c1-28-21-10-6-5-9-20(21)23-22(25)16-13-17-11-14-19(15-12-17)29(26,27)24-18-7-3-2-4-8-18/h5-6,9-12,14-15,18,24H,2-4,7-8,13,16H2,1H3,(H,23,25). The summed E-state index contributed by atoms with van der Waals surface area (Å²) in [6, 6.07) is 14.0. The maximum absolute atomic E-state index is 12.6. The Hall–Kier alpha value is -2.38. The van der Waals surface area contributed by atoms with E-state index in [0.717, 1.165) is 31.2 Å². The van der Waals surface area contributed by atoms with Gasteiger partial charge in [-0.25, -0.2) is 13.1 Å². The average molecular weight is 417 g/mol. The molecule has 0 aliphatic heterocycles. The first kappa shape index (κ1) is 21.3. The van der Waals surface area contributed by atoms with Crippen LogP contribution in [0.3, 0.4) is 0 Å². The molecule has 0 aromatic heterocycles. The van der Waals surface area contributed by atoms with Gasteiger partial charge in [0.2, 0.25) is 15.9 Å². The highest BCUT2D eigenvalue weighted by Crippen LogP contribution is 2.23. The molecule has 0 atom stereocenters. The molecule has 0 bridgehead atoms. The van der Waals surface area contributed by atoms with Crippen LogP contribution in [0.5, 0.6) is 5.75 Å². The number of benzene rings is 2. The summed E-state index contributed by atoms with van der Waals surface area (Å²) in [5, 5.41) is 2.84. The largest absolute Gasteiger partial charge is 0.495 e. The second-order valence-electron chi connectivity index (χ2n) is 7.35. The number of methoxy groups -OCH3 is 1. The number of nitrogens with one attached hydrogen (secondary N) is 2. The van der Waals surface area contributed by atoms with Gasteiger partial charge >= 0.3 is 0 Å². The maximum atomic E-state index is 12.6. The van der Waals surface area contributed by atoms with Gasteiger partial charge < -0.3 is 10.1 Å². The van der Waals surface area contributed by atoms with Gasteiger partial charge in [-0.05, 0) is 49.1 Å². The summed E-state index contributed by atoms with van der Waals surface area (Å²) in [7, 11) is -1.94. The van der Waals surface area contributed by atoms with Crippen molar-refractivity contribution in [2.24, 2.45) is 0 Å². The Kier molecular flexibility index (Phi) is 7.28. The number of hydrogen-bond acceptors (Lipinski definition) is 4. The summed E-state index contributed by atoms with van der Waals surface area (Å²) in [4.78, 5) is 12.5. The van der Waals surface area contributed by atoms with Gasteiger partial charge in [0.25, 0.3) is 0 Å². The molecule has 6 nitrogen and oxygen atoms in total. The molecule has 7 heteroatoms. The van der Waals surface area contributed by atoms with Gasteiger partial charge in [0, 0.05) is 12.5 Å². The molecule has 1 aliphatic carbocycles. The van der Waals surface area contributed by atoms with Gasteiger partial charge in [0.15, 0.2) is 0 Å². The number of aryl methyl sites for hydroxylation is 1. The van der Waals surface area contributed by atoms with Gasteiger partial charge in [0.1, 0.15) is 5.75 Å². The van der Waals surface area contributed by atoms with E-state index in [-0.39, 0.29) is 16.8 Å². The quantitative estimate of drug-likeness (QED) is 0.684. The molecule has 0 spiro atoms. The topological polar surface area (TPSA) is 84.5 Å². The normalized spacial score (nSPS) is 15.1. The highest BCUT2D eigenvalue weighted by atomic mass is 32.2. The lowest BCUT2D eigenvalue weighted by Gasteiger charge is -2.22. The fraction of sp³-hybridized carbons (Fsp3) is 0.409. The molecule has 0 unspecified atom stereocenters. The van der Waals surface area contributed by atoms with Gasteiger partial charge in [-0.15, -0.1) is 0 Å². The lowest BCUT2D eigenvalue weighted by molar-refractivity contribution is -0.116. The SMILES string of the molecule is COc1ccccc1NC(=O)CCc1ccc(S(=O)(=O)NC2CCCCC2)cc1. The van der Waals surface area contributed by atoms with E-state index in [1.54, 1.807) is 43.5 Å². The fourth-order valence-electron chi connectivity index (χ4n) is 3.56. The molecular weight excluding hydrogens is 388 g/mol. The van der Waals surface area contributed by atoms with Crippen molar-refractivity contribution >= 4 is 21.6 Å². The minimum absolute atomic E-state index is 0.0344. The highest BCUT2D eigenvalue weighted by Gasteiger charge is 2.21. The van der Waals surface area contributed by atoms with Gasteiger partial charge in [-0.1, -0.05) is 43.5 Å². The van der Waals surface area contributed by atoms with E-state index in [9.17, 15) is 13.2 Å². The Morgan fingerprint density at radius 1 is 1.03 bits per heavy atom. The molecule has 3 rings (SSSR count). The van der Waals surface area contributed by atoms with Crippen LogP contribution in [-0.4, -0.2) is 27.5 Å². The number of carbonyl (C=O) groups excluding carboxylic acids is 1. The van der Waals surface area contributed by atoms with E-state index in [1.807, 2.05) is 12.1 Å². The van der Waals surface area contributed by atoms with E-state index in [1.165, 1.54) is 6.42 Å². The Labute approximate surface area is 172 Å². The minimum Gasteiger partial charge on any atom is -0.495 e. The summed E-state index contributed by atoms with van der Waals surface area (Å²) in [5.41, 5.74) is 1.55. The van der Waals surface area contributed by atoms with Crippen LogP contribution in [0.2, 0.25) is 0 Å². The third-order valence-electron chi connectivity index (χ3n) is 5.18. The first-order valence-electron chi connectivity index (χ1n) is 10.0. The van der Waals surface area contributed by atoms with Crippen molar-refractivity contribution in [1.82, 2.24) is 4.72 Å². The monoisotopic (exact) mass is 416 g/mol. The summed E-state index contributed by atoms with van der Waals surface area (Å²) < 4.78 is 33.2. The number of ether oxygens (including phenoxy) is 1. The molecule has 1 amide bonds. The first-order chi connectivity index (χ1) is 14.0. The molecule has 2 aromatic carbocycles. The number of rotatable bonds is 8. The van der Waals surface area contributed by atoms with Crippen molar-refractivity contribution in [2.75, 3.05) is 12.4 Å². The Morgan fingerprint density at radius 3 is 2.41 bits per heavy atom. The Morgan fingerprint density at radius 2 is 1.72 bits per heavy atom. The molecule has 1 aliphatic rings. The van der Waals surface area contributed by atoms with Gasteiger partial charge in [-0.3, -0.25) is 4.79 Å². The van der Waals surface area contributed by atoms with Crippen LogP contribution in [0.1, 0.15) is 44.1 Å². The van der Waals surface area contributed by atoms with Gasteiger partial charge in [-0.2, -0.15) is 0 Å². The van der Waals surface area contributed by atoms with Crippen LogP contribution < -0.4 is 14.8 Å². The molecule has 0 saturated heterocycles. The van der Waals surface area contributed by atoms with E-state index in [4.69, 9.17) is 4.74 Å². The lowest BCUT2D eigenvalue weighted by atomic mass is 9.96. The number of carbonyl (C=O) groups is 1. The highest BCUT2D eigenvalue weighted by molar-refractivity contribution is 7.89. The van der Waals surface area contributed by atoms with E-state index >= 15 is 0 Å². The summed E-state index contributed by atoms with van der Waals surface area (Å²) in [6.07, 6.45) is 5.95. The third kappa shape index (κ3) is 6.05. The third-order valence-corrected chi connectivity index (χ3v) is 6.72. The molecule has 0 radical (unpaired) electrons. The number of anilines is 1. The zero-order valence-electron chi connectivity index (χ0n) is 16.7. The zero-order valence-corrected chi connectivity index (χ0v) is 17.5. The molecule has 0 heterocycles. The van der Waals surface area contributed by atoms with Crippen LogP contribution >= 0.6 is 0 Å². The number of amides is 1. The predicted octanol–water partition coefficient (Wildman–Crippen LogP) is 3.88. The molecular formula is C22H28N2O4S. The molecule has 1 saturated carbocycles. The Balaban J connectivity index is 1.54. The minimum atomic E-state index is -3.50. The van der Waals surface area contributed by atoms with Crippen molar-refractivity contribution in [3.63, 3.8) is 0 Å². The number of sulfonamides is 1. The van der Waals surface area contributed by atoms with E-state index in [0.29, 0.717) is 24.3 Å². The lowest BCUT2D eigenvalue weighted by Crippen LogP contribution is -2.36. The van der Waals surface area contributed by atoms with Crippen molar-refractivity contribution < 1.29 is 17.9 Å². The second-order valence-corrected chi connectivity index (χ2v) is 9.06. The molecule has 156 valence electrons. The Bertz CT molecular complexity index is 920. The zero-order chi connectivity index (χ0) is 20.7. The number of para-hydroxylation sites is 2. The van der Waals surface area contributed by atoms with Crippen LogP contribution in [0.4, 0.5) is 5.69 Å². The summed E-state index contributed by atoms with van der Waals surface area (Å²) in [5.74, 6) is 0.492. The van der Waals surface area contributed by atoms with E-state index in [2.05, 4.69) is 10.0 Å². The predicted molar refractivity (Wildman–Crippen MR) is 114 cm³/mol. The molecule has 2 aromatic rings. The van der Waals surface area contributed by atoms with Crippen molar-refractivity contribution in [1.29, 1.82) is 0 Å². The van der Waals surface area contributed by atoms with Gasteiger partial charge in [0.05, 0.1) is 17.7 Å². The smallest absolute Gasteiger partial charge is 0.240 e. The fourth-order valence-corrected chi connectivity index (χ4v) is 4.87. The number of hydrogen-bond donors (Lipinski definition) is 2. The average Bonchev–Trinajstić information content (AvgIpc) is 2.73. The van der Waals surface area contributed by atoms with Crippen LogP contribution in [0.15, 0.2) is 53.4 Å². The molecule has 2 N–H and O–H groups in total. The molecule has 1 fully saturated rings. The van der Waals surface area contributed by atoms with Crippen LogP contribution in [0, 0.1) is 0 Å². The van der Waals surface area contributed by atoms with Crippen LogP contribution in [-0.2, 0) is 21.2 Å². The van der Waals surface area contributed by atoms with E-state index < -0.39 is 10.0 Å². The van der Waals surface area contributed by atoms with Crippen molar-refractivity contribution in [3.05, 3.63) is 54.1 Å². The maximum Gasteiger partial charge on any atom is 0.240 e. The van der Waals surface area contributed by atoms with Crippen molar-refractivity contribution in [2.45, 2.75) is 55.9 Å².